The van der Waals surface area contributed by atoms with Crippen molar-refractivity contribution >= 4 is 17.4 Å². The van der Waals surface area contributed by atoms with Gasteiger partial charge in [-0.3, -0.25) is 9.59 Å². The first-order valence-electron chi connectivity index (χ1n) is 13.5. The van der Waals surface area contributed by atoms with E-state index >= 15 is 0 Å². The number of hydrogen-bond donors (Lipinski definition) is 1. The molecule has 3 fully saturated rings. The molecule has 5 rings (SSSR count). The molecule has 0 spiro atoms. The van der Waals surface area contributed by atoms with E-state index in [1.165, 1.54) is 11.6 Å². The van der Waals surface area contributed by atoms with Crippen molar-refractivity contribution in [2.75, 3.05) is 0 Å². The summed E-state index contributed by atoms with van der Waals surface area (Å²) in [5.41, 5.74) is 3.14. The fourth-order valence-electron chi connectivity index (χ4n) is 7.63. The van der Waals surface area contributed by atoms with Gasteiger partial charge in [-0.25, -0.2) is 4.39 Å². The van der Waals surface area contributed by atoms with E-state index in [4.69, 9.17) is 4.74 Å². The van der Waals surface area contributed by atoms with Crippen LogP contribution in [0, 0.1) is 40.8 Å². The molecule has 8 atom stereocenters. The summed E-state index contributed by atoms with van der Waals surface area (Å²) in [7, 11) is 0. The molecule has 196 valence electrons. The Bertz CT molecular complexity index is 1150. The Labute approximate surface area is 217 Å². The summed E-state index contributed by atoms with van der Waals surface area (Å²) in [6, 6.07) is 7.02. The van der Waals surface area contributed by atoms with E-state index in [0.717, 1.165) is 43.2 Å². The topological polar surface area (TPSA) is 55.4 Å². The zero-order chi connectivity index (χ0) is 25.6. The molecule has 1 aromatic rings. The number of rotatable bonds is 4. The summed E-state index contributed by atoms with van der Waals surface area (Å²) < 4.78 is 19.6. The average Bonchev–Trinajstić information content (AvgIpc) is 3.04. The number of nitrogens with one attached hydrogen (secondary N) is 1. The van der Waals surface area contributed by atoms with Gasteiger partial charge in [-0.1, -0.05) is 50.3 Å². The highest BCUT2D eigenvalue weighted by molar-refractivity contribution is 5.77. The maximum absolute atomic E-state index is 13.8. The third-order valence-electron chi connectivity index (χ3n) is 9.60. The van der Waals surface area contributed by atoms with Crippen LogP contribution in [0.15, 0.2) is 54.1 Å². The van der Waals surface area contributed by atoms with Gasteiger partial charge in [-0.15, -0.1) is 0 Å². The van der Waals surface area contributed by atoms with Crippen LogP contribution in [-0.4, -0.2) is 24.0 Å². The molecular weight excluding hydrogens is 453 g/mol. The number of cyclic esters (lactones) is 1. The predicted octanol–water partition coefficient (Wildman–Crippen LogP) is 6.73. The lowest BCUT2D eigenvalue weighted by Crippen LogP contribution is -2.53. The van der Waals surface area contributed by atoms with Crippen molar-refractivity contribution in [1.82, 2.24) is 5.32 Å². The molecule has 2 saturated carbocycles. The molecule has 1 N–H and O–H groups in total. The van der Waals surface area contributed by atoms with Gasteiger partial charge in [0.25, 0.3) is 0 Å². The predicted molar refractivity (Wildman–Crippen MR) is 143 cm³/mol. The SMILES string of the molecule is CC(=O)N[C@@H]1CC[C@@H]2[C@H](C1)C[C@@H]1C(=O)O[C@H](C)[C@@]1(C)[C@@H]2/C=C/C1=CC=C(c2cccc(F)c2)C(C)C1.[HH].[HH]. The van der Waals surface area contributed by atoms with Crippen LogP contribution in [0.5, 0.6) is 0 Å². The lowest BCUT2D eigenvalue weighted by atomic mass is 9.50. The van der Waals surface area contributed by atoms with Crippen molar-refractivity contribution in [3.05, 3.63) is 65.5 Å². The second-order valence-electron chi connectivity index (χ2n) is 11.7. The molecule has 36 heavy (non-hydrogen) atoms. The molecule has 1 saturated heterocycles. The van der Waals surface area contributed by atoms with Gasteiger partial charge < -0.3 is 10.1 Å². The minimum atomic E-state index is -0.223. The van der Waals surface area contributed by atoms with Crippen LogP contribution in [0.4, 0.5) is 4.39 Å². The smallest absolute Gasteiger partial charge is 0.309 e. The fourth-order valence-corrected chi connectivity index (χ4v) is 7.63. The van der Waals surface area contributed by atoms with E-state index in [-0.39, 0.29) is 49.9 Å². The first-order chi connectivity index (χ1) is 17.2. The molecule has 1 amide bonds. The zero-order valence-corrected chi connectivity index (χ0v) is 21.8. The normalized spacial score (nSPS) is 38.0. The van der Waals surface area contributed by atoms with Gasteiger partial charge in [-0.05, 0) is 91.5 Å². The number of hydrogen-bond acceptors (Lipinski definition) is 3. The summed E-state index contributed by atoms with van der Waals surface area (Å²) in [6.45, 7) is 8.08. The molecule has 3 aliphatic carbocycles. The summed E-state index contributed by atoms with van der Waals surface area (Å²) in [5.74, 6) is 1.07. The van der Waals surface area contributed by atoms with Gasteiger partial charge in [0.2, 0.25) is 5.91 Å². The third-order valence-corrected chi connectivity index (χ3v) is 9.60. The summed E-state index contributed by atoms with van der Waals surface area (Å²) in [4.78, 5) is 24.6. The number of carbonyl (C=O) groups excluding carboxylic acids is 2. The van der Waals surface area contributed by atoms with Crippen LogP contribution in [0.3, 0.4) is 0 Å². The van der Waals surface area contributed by atoms with Gasteiger partial charge >= 0.3 is 5.97 Å². The monoisotopic (exact) mass is 495 g/mol. The minimum absolute atomic E-state index is 0. The Balaban J connectivity index is 0.00000200. The number of fused-ring (bicyclic) bond motifs is 2. The van der Waals surface area contributed by atoms with Crippen LogP contribution in [0.2, 0.25) is 0 Å². The van der Waals surface area contributed by atoms with Crippen molar-refractivity contribution in [3.8, 4) is 0 Å². The summed E-state index contributed by atoms with van der Waals surface area (Å²) in [6.07, 6.45) is 13.5. The Morgan fingerprint density at radius 2 is 2.03 bits per heavy atom. The van der Waals surface area contributed by atoms with E-state index in [9.17, 15) is 14.0 Å². The van der Waals surface area contributed by atoms with Crippen molar-refractivity contribution in [1.29, 1.82) is 0 Å². The fraction of sp³-hybridized carbons (Fsp3) is 0.548. The molecular formula is C31H42FNO3. The maximum Gasteiger partial charge on any atom is 0.309 e. The number of allylic oxidation sites excluding steroid dienone is 6. The van der Waals surface area contributed by atoms with E-state index in [1.807, 2.05) is 6.07 Å². The zero-order valence-electron chi connectivity index (χ0n) is 21.8. The van der Waals surface area contributed by atoms with E-state index in [2.05, 4.69) is 50.4 Å². The highest BCUT2D eigenvalue weighted by atomic mass is 19.1. The quantitative estimate of drug-likeness (QED) is 0.471. The van der Waals surface area contributed by atoms with E-state index < -0.39 is 0 Å². The average molecular weight is 496 g/mol. The molecule has 1 heterocycles. The summed E-state index contributed by atoms with van der Waals surface area (Å²) in [5, 5.41) is 3.12. The van der Waals surface area contributed by atoms with Crippen molar-refractivity contribution in [3.63, 3.8) is 0 Å². The third kappa shape index (κ3) is 4.46. The molecule has 4 nitrogen and oxygen atoms in total. The molecule has 0 aromatic heterocycles. The number of amides is 1. The van der Waals surface area contributed by atoms with Gasteiger partial charge in [0.05, 0.1) is 5.92 Å². The molecule has 1 unspecified atom stereocenters. The number of carbonyl (C=O) groups is 2. The second-order valence-corrected chi connectivity index (χ2v) is 11.7. The molecule has 1 aromatic carbocycles. The second kappa shape index (κ2) is 9.64. The first-order valence-corrected chi connectivity index (χ1v) is 13.5. The lowest BCUT2D eigenvalue weighted by molar-refractivity contribution is -0.144. The van der Waals surface area contributed by atoms with Crippen LogP contribution in [0.1, 0.15) is 68.2 Å². The number of ether oxygens (including phenoxy) is 1. The van der Waals surface area contributed by atoms with Gasteiger partial charge in [0, 0.05) is 21.2 Å². The summed E-state index contributed by atoms with van der Waals surface area (Å²) >= 11 is 0. The van der Waals surface area contributed by atoms with Crippen LogP contribution < -0.4 is 5.32 Å². The lowest BCUT2D eigenvalue weighted by Gasteiger charge is -2.52. The standard InChI is InChI=1S/C31H38FNO3.2H2/c1-18-14-21(8-11-26(18)22-6-5-7-24(32)15-22)9-13-28-27-12-10-25(33-20(3)34)16-23(27)17-29-30(35)36-19(2)31(28,29)4;;/h5-9,11,13,15,18-19,23,25,27-29H,10,12,14,16-17H2,1-4H3,(H,33,34);2*1H/b13-9+;;/t18?,19-,23-,25-,27-,28-,29-,31+;;/m1../s1. The minimum Gasteiger partial charge on any atom is -0.462 e. The van der Waals surface area contributed by atoms with Gasteiger partial charge in [-0.2, -0.15) is 0 Å². The highest BCUT2D eigenvalue weighted by Crippen LogP contribution is 2.60. The number of halogens is 1. The van der Waals surface area contributed by atoms with Crippen molar-refractivity contribution in [2.45, 2.75) is 71.9 Å². The molecule has 0 bridgehead atoms. The molecule has 0 radical (unpaired) electrons. The van der Waals surface area contributed by atoms with E-state index in [0.29, 0.717) is 17.8 Å². The molecule has 4 aliphatic rings. The Kier molecular flexibility index (Phi) is 6.69. The van der Waals surface area contributed by atoms with Gasteiger partial charge in [0.15, 0.2) is 0 Å². The molecule has 5 heteroatoms. The van der Waals surface area contributed by atoms with Crippen LogP contribution in [0.25, 0.3) is 5.57 Å². The number of esters is 1. The van der Waals surface area contributed by atoms with Gasteiger partial charge in [0.1, 0.15) is 11.9 Å². The largest absolute Gasteiger partial charge is 0.462 e. The first kappa shape index (κ1) is 25.0. The Morgan fingerprint density at radius 1 is 1.22 bits per heavy atom. The Hall–Kier alpha value is -2.69. The number of benzene rings is 1. The van der Waals surface area contributed by atoms with Crippen LogP contribution in [-0.2, 0) is 14.3 Å². The van der Waals surface area contributed by atoms with E-state index in [1.54, 1.807) is 19.1 Å². The highest BCUT2D eigenvalue weighted by Gasteiger charge is 2.62. The van der Waals surface area contributed by atoms with Crippen LogP contribution >= 0.6 is 0 Å². The van der Waals surface area contributed by atoms with Crippen molar-refractivity contribution < 1.29 is 21.6 Å². The molecule has 1 aliphatic heterocycles. The maximum atomic E-state index is 13.8. The Morgan fingerprint density at radius 3 is 2.75 bits per heavy atom. The van der Waals surface area contributed by atoms with Crippen molar-refractivity contribution in [2.24, 2.45) is 35.0 Å².